The van der Waals surface area contributed by atoms with Gasteiger partial charge in [-0.15, -0.1) is 0 Å². The van der Waals surface area contributed by atoms with Crippen LogP contribution in [-0.4, -0.2) is 22.5 Å². The lowest BCUT2D eigenvalue weighted by molar-refractivity contribution is 0.322. The lowest BCUT2D eigenvalue weighted by Crippen LogP contribution is -1.84. The van der Waals surface area contributed by atoms with Crippen LogP contribution in [0.25, 0.3) is 11.1 Å². The number of aliphatic hydroxyl groups excluding tert-OH is 1. The molecular weight excluding hydrogens is 186 g/mol. The summed E-state index contributed by atoms with van der Waals surface area (Å²) >= 11 is 1.42. The van der Waals surface area contributed by atoms with Gasteiger partial charge in [0.2, 0.25) is 0 Å². The minimum absolute atomic E-state index is 0.142. The molecule has 0 unspecified atom stereocenters. The molecule has 68 valence electrons. The van der Waals surface area contributed by atoms with E-state index in [4.69, 9.17) is 9.52 Å². The highest BCUT2D eigenvalue weighted by atomic mass is 32.2. The van der Waals surface area contributed by atoms with E-state index in [9.17, 15) is 0 Å². The van der Waals surface area contributed by atoms with Crippen LogP contribution in [0.15, 0.2) is 33.9 Å². The second-order valence-electron chi connectivity index (χ2n) is 2.52. The van der Waals surface area contributed by atoms with Crippen molar-refractivity contribution in [2.24, 2.45) is 0 Å². The van der Waals surface area contributed by atoms with Crippen molar-refractivity contribution < 1.29 is 9.52 Å². The molecule has 0 radical (unpaired) electrons. The van der Waals surface area contributed by atoms with Crippen molar-refractivity contribution >= 4 is 22.9 Å². The first-order valence-electron chi connectivity index (χ1n) is 3.99. The van der Waals surface area contributed by atoms with Crippen molar-refractivity contribution in [2.45, 2.75) is 5.22 Å². The largest absolute Gasteiger partial charge is 0.431 e. The minimum Gasteiger partial charge on any atom is -0.431 e. The van der Waals surface area contributed by atoms with E-state index in [0.29, 0.717) is 11.0 Å². The number of hydrogen-bond donors (Lipinski definition) is 1. The SMILES string of the molecule is OCCSc1nc2ccccc2o1. The predicted octanol–water partition coefficient (Wildman–Crippen LogP) is 1.91. The highest BCUT2D eigenvalue weighted by Crippen LogP contribution is 2.22. The zero-order chi connectivity index (χ0) is 9.10. The van der Waals surface area contributed by atoms with E-state index in [1.807, 2.05) is 24.3 Å². The summed E-state index contributed by atoms with van der Waals surface area (Å²) in [5.74, 6) is 0.618. The third-order valence-electron chi connectivity index (χ3n) is 1.59. The minimum atomic E-state index is 0.142. The van der Waals surface area contributed by atoms with Crippen molar-refractivity contribution in [3.8, 4) is 0 Å². The van der Waals surface area contributed by atoms with Crippen LogP contribution in [0.1, 0.15) is 0 Å². The van der Waals surface area contributed by atoms with Gasteiger partial charge in [-0.3, -0.25) is 0 Å². The van der Waals surface area contributed by atoms with Gasteiger partial charge in [-0.1, -0.05) is 23.9 Å². The number of thioether (sulfide) groups is 1. The van der Waals surface area contributed by atoms with Gasteiger partial charge in [-0.2, -0.15) is 0 Å². The van der Waals surface area contributed by atoms with E-state index in [1.165, 1.54) is 11.8 Å². The first kappa shape index (κ1) is 8.59. The molecule has 2 rings (SSSR count). The van der Waals surface area contributed by atoms with Gasteiger partial charge in [0.1, 0.15) is 5.52 Å². The zero-order valence-corrected chi connectivity index (χ0v) is 7.75. The van der Waals surface area contributed by atoms with E-state index in [-0.39, 0.29) is 6.61 Å². The fraction of sp³-hybridized carbons (Fsp3) is 0.222. The summed E-state index contributed by atoms with van der Waals surface area (Å²) in [6.07, 6.45) is 0. The fourth-order valence-electron chi connectivity index (χ4n) is 1.05. The Balaban J connectivity index is 2.28. The highest BCUT2D eigenvalue weighted by Gasteiger charge is 2.03. The Labute approximate surface area is 79.8 Å². The summed E-state index contributed by atoms with van der Waals surface area (Å²) in [5.41, 5.74) is 1.66. The molecule has 4 heteroatoms. The lowest BCUT2D eigenvalue weighted by atomic mass is 10.3. The highest BCUT2D eigenvalue weighted by molar-refractivity contribution is 7.99. The summed E-state index contributed by atoms with van der Waals surface area (Å²) in [6.45, 7) is 0.142. The molecule has 0 aliphatic carbocycles. The molecule has 0 bridgehead atoms. The molecule has 1 heterocycles. The average Bonchev–Trinajstić information content (AvgIpc) is 2.57. The molecule has 1 aromatic heterocycles. The molecule has 1 aromatic carbocycles. The average molecular weight is 195 g/mol. The standard InChI is InChI=1S/C9H9NO2S/c11-5-6-13-9-10-7-3-1-2-4-8(7)12-9/h1-4,11H,5-6H2. The van der Waals surface area contributed by atoms with Gasteiger partial charge in [0.25, 0.3) is 5.22 Å². The van der Waals surface area contributed by atoms with Crippen molar-refractivity contribution in [1.82, 2.24) is 4.98 Å². The molecule has 3 nitrogen and oxygen atoms in total. The van der Waals surface area contributed by atoms with E-state index < -0.39 is 0 Å². The number of rotatable bonds is 3. The molecule has 0 atom stereocenters. The Hall–Kier alpha value is -1.00. The Morgan fingerprint density at radius 2 is 2.23 bits per heavy atom. The molecule has 0 saturated heterocycles. The molecule has 1 N–H and O–H groups in total. The van der Waals surface area contributed by atoms with E-state index >= 15 is 0 Å². The van der Waals surface area contributed by atoms with Crippen LogP contribution in [0, 0.1) is 0 Å². The number of oxazole rings is 1. The maximum absolute atomic E-state index is 8.61. The first-order chi connectivity index (χ1) is 6.40. The Morgan fingerprint density at radius 1 is 1.38 bits per heavy atom. The van der Waals surface area contributed by atoms with Crippen LogP contribution in [-0.2, 0) is 0 Å². The van der Waals surface area contributed by atoms with Crippen LogP contribution >= 0.6 is 11.8 Å². The number of fused-ring (bicyclic) bond motifs is 1. The topological polar surface area (TPSA) is 46.3 Å². The van der Waals surface area contributed by atoms with E-state index in [1.54, 1.807) is 0 Å². The van der Waals surface area contributed by atoms with Gasteiger partial charge in [0.15, 0.2) is 5.58 Å². The van der Waals surface area contributed by atoms with Gasteiger partial charge in [0, 0.05) is 5.75 Å². The molecule has 0 saturated carbocycles. The van der Waals surface area contributed by atoms with Crippen LogP contribution in [0.5, 0.6) is 0 Å². The summed E-state index contributed by atoms with van der Waals surface area (Å²) in [4.78, 5) is 4.24. The third-order valence-corrected chi connectivity index (χ3v) is 2.40. The van der Waals surface area contributed by atoms with Gasteiger partial charge < -0.3 is 9.52 Å². The monoisotopic (exact) mass is 195 g/mol. The Morgan fingerprint density at radius 3 is 3.00 bits per heavy atom. The Bertz CT molecular complexity index is 366. The number of aromatic nitrogens is 1. The molecule has 0 spiro atoms. The van der Waals surface area contributed by atoms with Gasteiger partial charge >= 0.3 is 0 Å². The third kappa shape index (κ3) is 1.84. The molecule has 0 aliphatic rings. The van der Waals surface area contributed by atoms with Crippen molar-refractivity contribution in [2.75, 3.05) is 12.4 Å². The molecule has 0 aliphatic heterocycles. The predicted molar refractivity (Wildman–Crippen MR) is 51.8 cm³/mol. The number of hydrogen-bond acceptors (Lipinski definition) is 4. The number of nitrogens with zero attached hydrogens (tertiary/aromatic N) is 1. The molecule has 0 amide bonds. The second-order valence-corrected chi connectivity index (χ2v) is 3.57. The lowest BCUT2D eigenvalue weighted by Gasteiger charge is -1.88. The normalized spacial score (nSPS) is 10.8. The summed E-state index contributed by atoms with van der Waals surface area (Å²) in [6, 6.07) is 7.62. The van der Waals surface area contributed by atoms with Gasteiger partial charge in [-0.25, -0.2) is 4.98 Å². The van der Waals surface area contributed by atoms with Crippen LogP contribution in [0.3, 0.4) is 0 Å². The number of benzene rings is 1. The van der Waals surface area contributed by atoms with Crippen molar-refractivity contribution in [3.05, 3.63) is 24.3 Å². The summed E-state index contributed by atoms with van der Waals surface area (Å²) < 4.78 is 5.41. The maximum Gasteiger partial charge on any atom is 0.256 e. The van der Waals surface area contributed by atoms with Crippen LogP contribution < -0.4 is 0 Å². The molecule has 2 aromatic rings. The number of para-hydroxylation sites is 2. The molecular formula is C9H9NO2S. The van der Waals surface area contributed by atoms with Crippen molar-refractivity contribution in [1.29, 1.82) is 0 Å². The van der Waals surface area contributed by atoms with E-state index in [2.05, 4.69) is 4.98 Å². The summed E-state index contributed by atoms with van der Waals surface area (Å²) in [5, 5.41) is 9.23. The summed E-state index contributed by atoms with van der Waals surface area (Å²) in [7, 11) is 0. The number of aliphatic hydroxyl groups is 1. The van der Waals surface area contributed by atoms with Crippen LogP contribution in [0.4, 0.5) is 0 Å². The zero-order valence-electron chi connectivity index (χ0n) is 6.93. The quantitative estimate of drug-likeness (QED) is 0.760. The van der Waals surface area contributed by atoms with Crippen molar-refractivity contribution in [3.63, 3.8) is 0 Å². The van der Waals surface area contributed by atoms with Gasteiger partial charge in [-0.05, 0) is 12.1 Å². The fourth-order valence-corrected chi connectivity index (χ4v) is 1.62. The maximum atomic E-state index is 8.61. The van der Waals surface area contributed by atoms with Gasteiger partial charge in [0.05, 0.1) is 6.61 Å². The second kappa shape index (κ2) is 3.81. The van der Waals surface area contributed by atoms with Crippen LogP contribution in [0.2, 0.25) is 0 Å². The molecule has 0 fully saturated rings. The Kier molecular flexibility index (Phi) is 2.52. The smallest absolute Gasteiger partial charge is 0.256 e. The van der Waals surface area contributed by atoms with E-state index in [0.717, 1.165) is 11.1 Å². The first-order valence-corrected chi connectivity index (χ1v) is 4.98. The molecule has 13 heavy (non-hydrogen) atoms.